The third-order valence-corrected chi connectivity index (χ3v) is 4.43. The van der Waals surface area contributed by atoms with Crippen LogP contribution in [-0.4, -0.2) is 25.3 Å². The fourth-order valence-electron chi connectivity index (χ4n) is 2.87. The van der Waals surface area contributed by atoms with Gasteiger partial charge in [0.15, 0.2) is 0 Å². The van der Waals surface area contributed by atoms with Crippen LogP contribution in [0.3, 0.4) is 0 Å². The van der Waals surface area contributed by atoms with Gasteiger partial charge in [0, 0.05) is 12.6 Å². The first kappa shape index (κ1) is 16.7. The van der Waals surface area contributed by atoms with Gasteiger partial charge in [0.25, 0.3) is 0 Å². The first-order valence-electron chi connectivity index (χ1n) is 7.98. The summed E-state index contributed by atoms with van der Waals surface area (Å²) in [7, 11) is 0. The predicted molar refractivity (Wildman–Crippen MR) is 85.4 cm³/mol. The Hall–Kier alpha value is -0.640. The quantitative estimate of drug-likeness (QED) is 0.808. The monoisotopic (exact) mass is 313 g/mol. The Morgan fingerprint density at radius 1 is 1.43 bits per heavy atom. The molecule has 0 saturated carbocycles. The van der Waals surface area contributed by atoms with Gasteiger partial charge in [-0.1, -0.05) is 30.7 Å². The van der Waals surface area contributed by atoms with Gasteiger partial charge in [-0.2, -0.15) is 0 Å². The average Bonchev–Trinajstić information content (AvgIpc) is 2.50. The summed E-state index contributed by atoms with van der Waals surface area (Å²) in [5.74, 6) is -0.336. The van der Waals surface area contributed by atoms with Crippen LogP contribution in [0.1, 0.15) is 44.6 Å². The summed E-state index contributed by atoms with van der Waals surface area (Å²) in [6, 6.07) is 5.33. The Morgan fingerprint density at radius 3 is 3.00 bits per heavy atom. The van der Waals surface area contributed by atoms with Crippen LogP contribution in [-0.2, 0) is 11.2 Å². The second-order valence-electron chi connectivity index (χ2n) is 5.79. The van der Waals surface area contributed by atoms with Crippen molar-refractivity contribution in [1.82, 2.24) is 5.32 Å². The standard InChI is InChI=1S/C17H25ClFNO/c1-2-9-20-14(12-15-7-3-4-10-21-15)11-13-6-5-8-16(19)17(13)18/h5-6,8,14-15,20H,2-4,7,9-12H2,1H3. The summed E-state index contributed by atoms with van der Waals surface area (Å²) in [5.41, 5.74) is 0.876. The number of ether oxygens (including phenoxy) is 1. The Bertz CT molecular complexity index is 435. The maximum atomic E-state index is 13.6. The van der Waals surface area contributed by atoms with E-state index in [2.05, 4.69) is 12.2 Å². The highest BCUT2D eigenvalue weighted by Crippen LogP contribution is 2.24. The molecule has 1 fully saturated rings. The van der Waals surface area contributed by atoms with Gasteiger partial charge >= 0.3 is 0 Å². The third-order valence-electron chi connectivity index (χ3n) is 4.00. The third kappa shape index (κ3) is 5.24. The van der Waals surface area contributed by atoms with Gasteiger partial charge in [0.2, 0.25) is 0 Å². The largest absolute Gasteiger partial charge is 0.378 e. The molecule has 1 heterocycles. The molecule has 2 nitrogen and oxygen atoms in total. The summed E-state index contributed by atoms with van der Waals surface area (Å²) in [5, 5.41) is 3.81. The van der Waals surface area contributed by atoms with Crippen LogP contribution in [0.15, 0.2) is 18.2 Å². The number of halogens is 2. The van der Waals surface area contributed by atoms with E-state index in [4.69, 9.17) is 16.3 Å². The lowest BCUT2D eigenvalue weighted by molar-refractivity contribution is 0.00526. The highest BCUT2D eigenvalue weighted by molar-refractivity contribution is 6.31. The van der Waals surface area contributed by atoms with E-state index >= 15 is 0 Å². The van der Waals surface area contributed by atoms with E-state index in [-0.39, 0.29) is 16.9 Å². The number of rotatable bonds is 7. The molecule has 21 heavy (non-hydrogen) atoms. The first-order chi connectivity index (χ1) is 10.2. The molecule has 0 amide bonds. The fourth-order valence-corrected chi connectivity index (χ4v) is 3.07. The molecule has 1 N–H and O–H groups in total. The number of hydrogen-bond acceptors (Lipinski definition) is 2. The van der Waals surface area contributed by atoms with Crippen molar-refractivity contribution in [3.8, 4) is 0 Å². The summed E-state index contributed by atoms with van der Waals surface area (Å²) in [6.07, 6.45) is 6.65. The van der Waals surface area contributed by atoms with Crippen molar-refractivity contribution in [2.45, 2.75) is 57.6 Å². The van der Waals surface area contributed by atoms with Crippen molar-refractivity contribution < 1.29 is 9.13 Å². The van der Waals surface area contributed by atoms with Gasteiger partial charge in [-0.05, 0) is 56.7 Å². The van der Waals surface area contributed by atoms with Crippen LogP contribution in [0.25, 0.3) is 0 Å². The maximum absolute atomic E-state index is 13.6. The molecule has 1 aliphatic rings. The predicted octanol–water partition coefficient (Wildman–Crippen LogP) is 4.35. The van der Waals surface area contributed by atoms with Crippen molar-refractivity contribution in [3.05, 3.63) is 34.6 Å². The molecule has 4 heteroatoms. The molecule has 0 spiro atoms. The van der Waals surface area contributed by atoms with Crippen LogP contribution in [0, 0.1) is 5.82 Å². The van der Waals surface area contributed by atoms with E-state index < -0.39 is 0 Å². The van der Waals surface area contributed by atoms with Crippen molar-refractivity contribution in [3.63, 3.8) is 0 Å². The molecule has 1 saturated heterocycles. The minimum Gasteiger partial charge on any atom is -0.378 e. The number of benzene rings is 1. The van der Waals surface area contributed by atoms with Crippen LogP contribution in [0.5, 0.6) is 0 Å². The molecule has 0 aliphatic carbocycles. The van der Waals surface area contributed by atoms with Gasteiger partial charge < -0.3 is 10.1 Å². The lowest BCUT2D eigenvalue weighted by Gasteiger charge is -2.28. The Balaban J connectivity index is 1.99. The van der Waals surface area contributed by atoms with Crippen molar-refractivity contribution in [1.29, 1.82) is 0 Å². The maximum Gasteiger partial charge on any atom is 0.142 e. The normalized spacial score (nSPS) is 20.4. The first-order valence-corrected chi connectivity index (χ1v) is 8.36. The summed E-state index contributed by atoms with van der Waals surface area (Å²) < 4.78 is 19.4. The molecule has 0 radical (unpaired) electrons. The molecular weight excluding hydrogens is 289 g/mol. The minimum absolute atomic E-state index is 0.255. The SMILES string of the molecule is CCCNC(Cc1cccc(F)c1Cl)CC1CCCCO1. The lowest BCUT2D eigenvalue weighted by atomic mass is 9.96. The zero-order valence-electron chi connectivity index (χ0n) is 12.7. The van der Waals surface area contributed by atoms with E-state index in [1.165, 1.54) is 18.9 Å². The average molecular weight is 314 g/mol. The second-order valence-corrected chi connectivity index (χ2v) is 6.17. The van der Waals surface area contributed by atoms with Crippen LogP contribution in [0.2, 0.25) is 5.02 Å². The van der Waals surface area contributed by atoms with Gasteiger partial charge in [-0.3, -0.25) is 0 Å². The van der Waals surface area contributed by atoms with Gasteiger partial charge in [0.05, 0.1) is 11.1 Å². The van der Waals surface area contributed by atoms with Gasteiger partial charge in [-0.15, -0.1) is 0 Å². The molecule has 1 aromatic rings. The van der Waals surface area contributed by atoms with E-state index in [1.807, 2.05) is 6.07 Å². The van der Waals surface area contributed by atoms with E-state index in [9.17, 15) is 4.39 Å². The smallest absolute Gasteiger partial charge is 0.142 e. The molecule has 0 bridgehead atoms. The van der Waals surface area contributed by atoms with Crippen LogP contribution >= 0.6 is 11.6 Å². The van der Waals surface area contributed by atoms with E-state index in [1.54, 1.807) is 6.07 Å². The lowest BCUT2D eigenvalue weighted by Crippen LogP contribution is -2.37. The zero-order valence-corrected chi connectivity index (χ0v) is 13.5. The minimum atomic E-state index is -0.336. The van der Waals surface area contributed by atoms with Crippen LogP contribution < -0.4 is 5.32 Å². The van der Waals surface area contributed by atoms with Crippen molar-refractivity contribution in [2.75, 3.05) is 13.2 Å². The molecule has 2 rings (SSSR count). The summed E-state index contributed by atoms with van der Waals surface area (Å²) >= 11 is 6.08. The molecular formula is C17H25ClFNO. The Morgan fingerprint density at radius 2 is 2.29 bits per heavy atom. The fraction of sp³-hybridized carbons (Fsp3) is 0.647. The van der Waals surface area contributed by atoms with Crippen molar-refractivity contribution >= 4 is 11.6 Å². The molecule has 2 unspecified atom stereocenters. The highest BCUT2D eigenvalue weighted by Gasteiger charge is 2.20. The Kier molecular flexibility index (Phi) is 6.94. The van der Waals surface area contributed by atoms with Crippen LogP contribution in [0.4, 0.5) is 4.39 Å². The van der Waals surface area contributed by atoms with E-state index in [0.29, 0.717) is 6.10 Å². The van der Waals surface area contributed by atoms with Gasteiger partial charge in [-0.25, -0.2) is 4.39 Å². The molecule has 1 aromatic carbocycles. The topological polar surface area (TPSA) is 21.3 Å². The molecule has 2 atom stereocenters. The summed E-state index contributed by atoms with van der Waals surface area (Å²) in [4.78, 5) is 0. The molecule has 0 aromatic heterocycles. The second kappa shape index (κ2) is 8.72. The number of hydrogen-bond donors (Lipinski definition) is 1. The highest BCUT2D eigenvalue weighted by atomic mass is 35.5. The van der Waals surface area contributed by atoms with Gasteiger partial charge in [0.1, 0.15) is 5.82 Å². The molecule has 118 valence electrons. The Labute approximate surface area is 132 Å². The zero-order chi connectivity index (χ0) is 15.1. The van der Waals surface area contributed by atoms with Crippen molar-refractivity contribution in [2.24, 2.45) is 0 Å². The number of nitrogens with one attached hydrogen (secondary N) is 1. The summed E-state index contributed by atoms with van der Waals surface area (Å²) in [6.45, 7) is 3.98. The molecule has 1 aliphatic heterocycles. The van der Waals surface area contributed by atoms with E-state index in [0.717, 1.165) is 44.4 Å².